The second-order valence-corrected chi connectivity index (χ2v) is 8.49. The summed E-state index contributed by atoms with van der Waals surface area (Å²) in [4.78, 5) is 27.1. The number of hydrogen-bond acceptors (Lipinski definition) is 8. The van der Waals surface area contributed by atoms with E-state index in [2.05, 4.69) is 66.4 Å². The van der Waals surface area contributed by atoms with Gasteiger partial charge in [-0.05, 0) is 42.4 Å². The molecule has 164 valence electrons. The van der Waals surface area contributed by atoms with Gasteiger partial charge in [-0.15, -0.1) is 0 Å². The van der Waals surface area contributed by atoms with Crippen LogP contribution in [0.5, 0.6) is 0 Å². The predicted molar refractivity (Wildman–Crippen MR) is 130 cm³/mol. The van der Waals surface area contributed by atoms with Gasteiger partial charge in [0, 0.05) is 55.9 Å². The Balaban J connectivity index is 1.18. The van der Waals surface area contributed by atoms with E-state index in [1.54, 1.807) is 6.33 Å². The van der Waals surface area contributed by atoms with Gasteiger partial charge in [-0.25, -0.2) is 24.9 Å². The number of hydrogen-bond donors (Lipinski definition) is 1. The highest BCUT2D eigenvalue weighted by Gasteiger charge is 2.19. The molecular weight excluding hydrogens is 412 g/mol. The molecule has 0 radical (unpaired) electrons. The number of rotatable bonds is 4. The Bertz CT molecular complexity index is 1340. The summed E-state index contributed by atoms with van der Waals surface area (Å²) < 4.78 is 0. The third-order valence-electron chi connectivity index (χ3n) is 6.30. The molecular formula is C25H24N8. The standard InChI is InChI=1S/C25H24N8/c1-32-8-10-33(11-9-32)24-7-3-19(14-27-24)30-25-28-15-21-20(4-6-23(21)31-25)17-2-5-22-18(12-17)13-26-16-29-22/h2-5,7,12-16H,6,8-11H2,1H3,(H,28,30,31). The summed E-state index contributed by atoms with van der Waals surface area (Å²) >= 11 is 0. The van der Waals surface area contributed by atoms with E-state index in [1.165, 1.54) is 0 Å². The highest BCUT2D eigenvalue weighted by Crippen LogP contribution is 2.33. The molecule has 8 nitrogen and oxygen atoms in total. The van der Waals surface area contributed by atoms with Crippen molar-refractivity contribution in [3.8, 4) is 0 Å². The Kier molecular flexibility index (Phi) is 4.92. The van der Waals surface area contributed by atoms with Gasteiger partial charge < -0.3 is 15.1 Å². The van der Waals surface area contributed by atoms with Crippen LogP contribution in [0.1, 0.15) is 16.8 Å². The van der Waals surface area contributed by atoms with Crippen molar-refractivity contribution in [3.63, 3.8) is 0 Å². The summed E-state index contributed by atoms with van der Waals surface area (Å²) in [7, 11) is 2.16. The van der Waals surface area contributed by atoms with Crippen LogP contribution in [0.15, 0.2) is 61.3 Å². The topological polar surface area (TPSA) is 83.0 Å². The first-order valence-corrected chi connectivity index (χ1v) is 11.2. The number of piperazine rings is 1. The maximum Gasteiger partial charge on any atom is 0.227 e. The Hall–Kier alpha value is -3.91. The van der Waals surface area contributed by atoms with E-state index in [4.69, 9.17) is 4.98 Å². The number of benzene rings is 1. The second-order valence-electron chi connectivity index (χ2n) is 8.49. The predicted octanol–water partition coefficient (Wildman–Crippen LogP) is 3.30. The van der Waals surface area contributed by atoms with Gasteiger partial charge in [0.15, 0.2) is 0 Å². The number of aromatic nitrogens is 5. The first kappa shape index (κ1) is 19.8. The van der Waals surface area contributed by atoms with Gasteiger partial charge in [-0.2, -0.15) is 0 Å². The molecule has 1 N–H and O–H groups in total. The van der Waals surface area contributed by atoms with Crippen LogP contribution < -0.4 is 10.2 Å². The lowest BCUT2D eigenvalue weighted by molar-refractivity contribution is 0.312. The van der Waals surface area contributed by atoms with Gasteiger partial charge >= 0.3 is 0 Å². The van der Waals surface area contributed by atoms with Crippen LogP contribution in [0.3, 0.4) is 0 Å². The van der Waals surface area contributed by atoms with Crippen LogP contribution in [-0.4, -0.2) is 63.0 Å². The lowest BCUT2D eigenvalue weighted by Crippen LogP contribution is -2.44. The van der Waals surface area contributed by atoms with Crippen LogP contribution in [0.2, 0.25) is 0 Å². The zero-order valence-corrected chi connectivity index (χ0v) is 18.4. The SMILES string of the molecule is CN1CCN(c2ccc(Nc3ncc4c(n3)CC=C4c3ccc4ncncc4c3)cn2)CC1. The van der Waals surface area contributed by atoms with Crippen molar-refractivity contribution < 1.29 is 0 Å². The Morgan fingerprint density at radius 2 is 1.82 bits per heavy atom. The fraction of sp³-hybridized carbons (Fsp3) is 0.240. The van der Waals surface area contributed by atoms with E-state index >= 15 is 0 Å². The molecule has 1 aliphatic heterocycles. The number of fused-ring (bicyclic) bond motifs is 2. The Labute approximate surface area is 192 Å². The smallest absolute Gasteiger partial charge is 0.227 e. The third kappa shape index (κ3) is 3.89. The second kappa shape index (κ2) is 8.22. The summed E-state index contributed by atoms with van der Waals surface area (Å²) in [6, 6.07) is 10.3. The molecule has 33 heavy (non-hydrogen) atoms. The molecule has 8 heteroatoms. The number of likely N-dealkylation sites (N-methyl/N-ethyl adjacent to an activating group) is 1. The van der Waals surface area contributed by atoms with Crippen molar-refractivity contribution in [1.82, 2.24) is 29.8 Å². The summed E-state index contributed by atoms with van der Waals surface area (Å²) in [5, 5.41) is 4.32. The van der Waals surface area contributed by atoms with Crippen molar-refractivity contribution in [2.75, 3.05) is 43.4 Å². The number of nitrogens with one attached hydrogen (secondary N) is 1. The summed E-state index contributed by atoms with van der Waals surface area (Å²) in [5.74, 6) is 1.60. The van der Waals surface area contributed by atoms with E-state index in [0.717, 1.165) is 77.4 Å². The quantitative estimate of drug-likeness (QED) is 0.522. The summed E-state index contributed by atoms with van der Waals surface area (Å²) in [6.07, 6.45) is 10.2. The molecule has 0 amide bonds. The number of allylic oxidation sites excluding steroid dienone is 1. The maximum atomic E-state index is 4.76. The van der Waals surface area contributed by atoms with Crippen LogP contribution in [0.25, 0.3) is 16.5 Å². The van der Waals surface area contributed by atoms with Crippen LogP contribution in [-0.2, 0) is 6.42 Å². The van der Waals surface area contributed by atoms with E-state index in [0.29, 0.717) is 5.95 Å². The van der Waals surface area contributed by atoms with Gasteiger partial charge in [0.1, 0.15) is 12.1 Å². The monoisotopic (exact) mass is 436 g/mol. The first-order chi connectivity index (χ1) is 16.2. The van der Waals surface area contributed by atoms with Crippen molar-refractivity contribution in [2.45, 2.75) is 6.42 Å². The zero-order valence-electron chi connectivity index (χ0n) is 18.4. The van der Waals surface area contributed by atoms with Crippen molar-refractivity contribution in [3.05, 3.63) is 78.1 Å². The average Bonchev–Trinajstić information content (AvgIpc) is 3.28. The van der Waals surface area contributed by atoms with Gasteiger partial charge in [0.25, 0.3) is 0 Å². The number of anilines is 3. The van der Waals surface area contributed by atoms with Crippen LogP contribution in [0.4, 0.5) is 17.5 Å². The molecule has 0 atom stereocenters. The maximum absolute atomic E-state index is 4.76. The molecule has 1 aromatic carbocycles. The highest BCUT2D eigenvalue weighted by atomic mass is 15.3. The third-order valence-corrected chi connectivity index (χ3v) is 6.30. The molecule has 4 aromatic rings. The van der Waals surface area contributed by atoms with E-state index in [9.17, 15) is 0 Å². The minimum absolute atomic E-state index is 0.587. The molecule has 1 saturated heterocycles. The molecule has 6 rings (SSSR count). The first-order valence-electron chi connectivity index (χ1n) is 11.2. The largest absolute Gasteiger partial charge is 0.354 e. The van der Waals surface area contributed by atoms with Crippen LogP contribution in [0, 0.1) is 0 Å². The lowest BCUT2D eigenvalue weighted by Gasteiger charge is -2.33. The number of pyridine rings is 1. The van der Waals surface area contributed by atoms with Gasteiger partial charge in [-0.3, -0.25) is 0 Å². The molecule has 1 fully saturated rings. The minimum atomic E-state index is 0.587. The molecule has 0 spiro atoms. The molecule has 0 bridgehead atoms. The lowest BCUT2D eigenvalue weighted by atomic mass is 10.0. The molecule has 1 aliphatic carbocycles. The molecule has 4 heterocycles. The van der Waals surface area contributed by atoms with E-state index in [-0.39, 0.29) is 0 Å². The fourth-order valence-electron chi connectivity index (χ4n) is 4.40. The Morgan fingerprint density at radius 1 is 0.909 bits per heavy atom. The van der Waals surface area contributed by atoms with E-state index < -0.39 is 0 Å². The van der Waals surface area contributed by atoms with Crippen molar-refractivity contribution in [1.29, 1.82) is 0 Å². The average molecular weight is 437 g/mol. The molecule has 2 aliphatic rings. The molecule has 0 unspecified atom stereocenters. The van der Waals surface area contributed by atoms with Crippen molar-refractivity contribution >= 4 is 33.9 Å². The Morgan fingerprint density at radius 3 is 2.67 bits per heavy atom. The normalized spacial score (nSPS) is 16.0. The fourth-order valence-corrected chi connectivity index (χ4v) is 4.40. The summed E-state index contributed by atoms with van der Waals surface area (Å²) in [5.41, 5.74) is 6.20. The molecule has 3 aromatic heterocycles. The van der Waals surface area contributed by atoms with Crippen LogP contribution >= 0.6 is 0 Å². The highest BCUT2D eigenvalue weighted by molar-refractivity contribution is 5.89. The number of nitrogens with zero attached hydrogens (tertiary/aromatic N) is 7. The minimum Gasteiger partial charge on any atom is -0.354 e. The zero-order chi connectivity index (χ0) is 22.2. The van der Waals surface area contributed by atoms with Gasteiger partial charge in [0.05, 0.1) is 23.1 Å². The molecule has 0 saturated carbocycles. The van der Waals surface area contributed by atoms with Gasteiger partial charge in [0.2, 0.25) is 5.95 Å². The van der Waals surface area contributed by atoms with Crippen molar-refractivity contribution in [2.24, 2.45) is 0 Å². The van der Waals surface area contributed by atoms with E-state index in [1.807, 2.05) is 30.7 Å². The van der Waals surface area contributed by atoms with Gasteiger partial charge in [-0.1, -0.05) is 12.1 Å². The summed E-state index contributed by atoms with van der Waals surface area (Å²) in [6.45, 7) is 4.13.